The highest BCUT2D eigenvalue weighted by molar-refractivity contribution is 7.80. The fourth-order valence-electron chi connectivity index (χ4n) is 2.85. The Morgan fingerprint density at radius 3 is 2.18 bits per heavy atom. The number of carboxylic acids is 1. The van der Waals surface area contributed by atoms with Gasteiger partial charge >= 0.3 is 5.97 Å². The molecule has 4 atom stereocenters. The minimum absolute atomic E-state index is 0.0542. The minimum Gasteiger partial charge on any atom is -0.480 e. The Labute approximate surface area is 203 Å². The third-order valence-electron chi connectivity index (χ3n) is 4.77. The summed E-state index contributed by atoms with van der Waals surface area (Å²) < 4.78 is 0. The van der Waals surface area contributed by atoms with Crippen LogP contribution < -0.4 is 33.2 Å². The van der Waals surface area contributed by atoms with Gasteiger partial charge in [-0.05, 0) is 25.3 Å². The lowest BCUT2D eigenvalue weighted by Gasteiger charge is -2.23. The Kier molecular flexibility index (Phi) is 12.5. The Balaban J connectivity index is 2.78. The normalized spacial score (nSPS) is 14.1. The van der Waals surface area contributed by atoms with Gasteiger partial charge in [0.25, 0.3) is 0 Å². The number of hydrogen-bond donors (Lipinski definition) is 8. The van der Waals surface area contributed by atoms with Gasteiger partial charge < -0.3 is 38.3 Å². The number of thiol groups is 1. The van der Waals surface area contributed by atoms with E-state index >= 15 is 0 Å². The standard InChI is InChI=1S/C21H33N7O5S/c1-12(26-18(30)14(22)8-5-9-25-21(23)24)17(29)27-15(10-13-6-3-2-4-7-13)19(31)28-16(11-34)20(32)33/h2-4,6-7,12,14-16,34H,5,8-11,22H2,1H3,(H,26,30)(H,27,29)(H,28,31)(H,32,33)(H4,23,24,25). The van der Waals surface area contributed by atoms with Crippen LogP contribution in [0.1, 0.15) is 25.3 Å². The molecule has 12 nitrogen and oxygen atoms in total. The first kappa shape index (κ1) is 28.7. The third kappa shape index (κ3) is 10.5. The monoisotopic (exact) mass is 495 g/mol. The first-order valence-corrected chi connectivity index (χ1v) is 11.3. The van der Waals surface area contributed by atoms with Crippen LogP contribution in [0.2, 0.25) is 0 Å². The van der Waals surface area contributed by atoms with Crippen LogP contribution in [-0.4, -0.2) is 71.2 Å². The predicted octanol–water partition coefficient (Wildman–Crippen LogP) is -1.90. The number of nitrogens with one attached hydrogen (secondary N) is 3. The second kappa shape index (κ2) is 14.8. The molecule has 4 unspecified atom stereocenters. The minimum atomic E-state index is -1.25. The molecule has 0 aromatic heterocycles. The smallest absolute Gasteiger partial charge is 0.327 e. The molecule has 3 amide bonds. The second-order valence-corrected chi connectivity index (χ2v) is 7.98. The van der Waals surface area contributed by atoms with Gasteiger partial charge in [-0.3, -0.25) is 19.4 Å². The molecule has 0 heterocycles. The van der Waals surface area contributed by atoms with Gasteiger partial charge in [0, 0.05) is 18.7 Å². The van der Waals surface area contributed by atoms with E-state index in [1.807, 2.05) is 0 Å². The number of nitrogens with zero attached hydrogens (tertiary/aromatic N) is 1. The van der Waals surface area contributed by atoms with Gasteiger partial charge in [-0.15, -0.1) is 0 Å². The number of aliphatic carboxylic acids is 1. The molecule has 1 aromatic carbocycles. The molecule has 0 saturated heterocycles. The van der Waals surface area contributed by atoms with Crippen molar-refractivity contribution in [2.75, 3.05) is 12.3 Å². The molecule has 13 heteroatoms. The van der Waals surface area contributed by atoms with Crippen LogP contribution in [0.25, 0.3) is 0 Å². The molecule has 0 bridgehead atoms. The Bertz CT molecular complexity index is 864. The summed E-state index contributed by atoms with van der Waals surface area (Å²) in [5, 5.41) is 16.6. The Hall–Kier alpha value is -3.32. The first-order chi connectivity index (χ1) is 16.0. The third-order valence-corrected chi connectivity index (χ3v) is 5.13. The maximum Gasteiger partial charge on any atom is 0.327 e. The summed E-state index contributed by atoms with van der Waals surface area (Å²) in [7, 11) is 0. The van der Waals surface area contributed by atoms with E-state index in [4.69, 9.17) is 17.2 Å². The van der Waals surface area contributed by atoms with Crippen molar-refractivity contribution in [1.82, 2.24) is 16.0 Å². The average Bonchev–Trinajstić information content (AvgIpc) is 2.79. The van der Waals surface area contributed by atoms with E-state index in [-0.39, 0.29) is 18.1 Å². The summed E-state index contributed by atoms with van der Waals surface area (Å²) in [4.78, 5) is 52.8. The first-order valence-electron chi connectivity index (χ1n) is 10.6. The molecule has 0 fully saturated rings. The van der Waals surface area contributed by atoms with Gasteiger partial charge in [-0.25, -0.2) is 4.79 Å². The van der Waals surface area contributed by atoms with E-state index in [1.165, 1.54) is 6.92 Å². The van der Waals surface area contributed by atoms with Crippen LogP contribution in [0.3, 0.4) is 0 Å². The molecule has 1 rings (SSSR count). The van der Waals surface area contributed by atoms with Crippen LogP contribution in [0.5, 0.6) is 0 Å². The summed E-state index contributed by atoms with van der Waals surface area (Å²) in [5.41, 5.74) is 17.1. The summed E-state index contributed by atoms with van der Waals surface area (Å²) >= 11 is 3.94. The van der Waals surface area contributed by atoms with Gasteiger partial charge in [0.15, 0.2) is 5.96 Å². The molecule has 10 N–H and O–H groups in total. The second-order valence-electron chi connectivity index (χ2n) is 7.62. The molecule has 1 aromatic rings. The number of aliphatic imine (C=N–C) groups is 1. The van der Waals surface area contributed by atoms with Crippen LogP contribution >= 0.6 is 12.6 Å². The number of benzene rings is 1. The van der Waals surface area contributed by atoms with Gasteiger partial charge in [-0.2, -0.15) is 12.6 Å². The van der Waals surface area contributed by atoms with E-state index in [0.717, 1.165) is 5.56 Å². The molecule has 0 spiro atoms. The summed E-state index contributed by atoms with van der Waals surface area (Å²) in [6, 6.07) is 4.72. The highest BCUT2D eigenvalue weighted by Crippen LogP contribution is 2.05. The van der Waals surface area contributed by atoms with Crippen molar-refractivity contribution in [3.63, 3.8) is 0 Å². The number of nitrogens with two attached hydrogens (primary N) is 3. The number of carbonyl (C=O) groups is 4. The highest BCUT2D eigenvalue weighted by Gasteiger charge is 2.28. The molecule has 0 aliphatic rings. The topological polar surface area (TPSA) is 215 Å². The zero-order valence-electron chi connectivity index (χ0n) is 18.9. The number of carboxylic acid groups (broad SMARTS) is 1. The zero-order valence-corrected chi connectivity index (χ0v) is 19.8. The number of carbonyl (C=O) groups excluding carboxylic acids is 3. The highest BCUT2D eigenvalue weighted by atomic mass is 32.1. The molecule has 0 radical (unpaired) electrons. The number of rotatable bonds is 14. The lowest BCUT2D eigenvalue weighted by Crippen LogP contribution is -2.57. The van der Waals surface area contributed by atoms with Crippen molar-refractivity contribution < 1.29 is 24.3 Å². The molecule has 0 saturated carbocycles. The SMILES string of the molecule is CC(NC(=O)C(N)CCCN=C(N)N)C(=O)NC(Cc1ccccc1)C(=O)NC(CS)C(=O)O. The average molecular weight is 496 g/mol. The van der Waals surface area contributed by atoms with Crippen molar-refractivity contribution in [1.29, 1.82) is 0 Å². The zero-order chi connectivity index (χ0) is 25.7. The molecular weight excluding hydrogens is 462 g/mol. The molecule has 0 aliphatic carbocycles. The van der Waals surface area contributed by atoms with Crippen LogP contribution in [-0.2, 0) is 25.6 Å². The maximum absolute atomic E-state index is 12.7. The van der Waals surface area contributed by atoms with E-state index in [1.54, 1.807) is 30.3 Å². The van der Waals surface area contributed by atoms with E-state index in [0.29, 0.717) is 19.4 Å². The number of amides is 3. The lowest BCUT2D eigenvalue weighted by molar-refractivity contribution is -0.141. The number of hydrogen-bond acceptors (Lipinski definition) is 7. The number of guanidine groups is 1. The fraction of sp³-hybridized carbons (Fsp3) is 0.476. The van der Waals surface area contributed by atoms with Crippen molar-refractivity contribution >= 4 is 42.3 Å². The molecule has 34 heavy (non-hydrogen) atoms. The van der Waals surface area contributed by atoms with Crippen molar-refractivity contribution in [2.45, 2.75) is 50.4 Å². The van der Waals surface area contributed by atoms with Crippen LogP contribution in [0.15, 0.2) is 35.3 Å². The van der Waals surface area contributed by atoms with Gasteiger partial charge in [0.2, 0.25) is 17.7 Å². The Morgan fingerprint density at radius 1 is 1.00 bits per heavy atom. The largest absolute Gasteiger partial charge is 0.480 e. The van der Waals surface area contributed by atoms with E-state index in [9.17, 15) is 24.3 Å². The molecule has 0 aliphatic heterocycles. The summed E-state index contributed by atoms with van der Waals surface area (Å²) in [6.45, 7) is 1.77. The van der Waals surface area contributed by atoms with Gasteiger partial charge in [-0.1, -0.05) is 30.3 Å². The fourth-order valence-corrected chi connectivity index (χ4v) is 3.10. The Morgan fingerprint density at radius 2 is 1.62 bits per heavy atom. The quantitative estimate of drug-likeness (QED) is 0.0629. The van der Waals surface area contributed by atoms with Crippen LogP contribution in [0.4, 0.5) is 0 Å². The molecular formula is C21H33N7O5S. The van der Waals surface area contributed by atoms with Crippen molar-refractivity contribution in [3.8, 4) is 0 Å². The lowest BCUT2D eigenvalue weighted by atomic mass is 10.0. The maximum atomic E-state index is 12.7. The van der Waals surface area contributed by atoms with Crippen LogP contribution in [0, 0.1) is 0 Å². The van der Waals surface area contributed by atoms with Crippen molar-refractivity contribution in [2.24, 2.45) is 22.2 Å². The van der Waals surface area contributed by atoms with Crippen molar-refractivity contribution in [3.05, 3.63) is 35.9 Å². The summed E-state index contributed by atoms with van der Waals surface area (Å²) in [6.07, 6.45) is 0.890. The summed E-state index contributed by atoms with van der Waals surface area (Å²) in [5.74, 6) is -3.29. The van der Waals surface area contributed by atoms with Gasteiger partial charge in [0.1, 0.15) is 18.1 Å². The predicted molar refractivity (Wildman–Crippen MR) is 131 cm³/mol. The van der Waals surface area contributed by atoms with E-state index in [2.05, 4.69) is 33.6 Å². The van der Waals surface area contributed by atoms with Gasteiger partial charge in [0.05, 0.1) is 6.04 Å². The van der Waals surface area contributed by atoms with E-state index < -0.39 is 47.9 Å². The molecule has 188 valence electrons.